The van der Waals surface area contributed by atoms with Gasteiger partial charge in [0.2, 0.25) is 0 Å². The fourth-order valence-corrected chi connectivity index (χ4v) is 5.85. The molecule has 8 aromatic rings. The van der Waals surface area contributed by atoms with Crippen molar-refractivity contribution in [2.45, 2.75) is 20.0 Å². The molecule has 0 fully saturated rings. The Labute approximate surface area is 257 Å². The molecule has 0 aliphatic rings. The largest absolute Gasteiger partial charge is 0.156 e. The van der Waals surface area contributed by atoms with Crippen molar-refractivity contribution in [3.8, 4) is 11.1 Å². The first-order valence-electron chi connectivity index (χ1n) is 14.1. The molecule has 0 nitrogen and oxygen atoms in total. The predicted molar refractivity (Wildman–Crippen MR) is 179 cm³/mol. The van der Waals surface area contributed by atoms with Crippen LogP contribution in [-0.4, -0.2) is 5.43 Å². The van der Waals surface area contributed by atoms with Crippen LogP contribution in [0, 0.1) is 6.92 Å². The minimum atomic E-state index is 0.210. The van der Waals surface area contributed by atoms with Gasteiger partial charge in [-0.15, -0.1) is 68.7 Å². The molecule has 0 aliphatic carbocycles. The van der Waals surface area contributed by atoms with Gasteiger partial charge in [-0.1, -0.05) is 103 Å². The summed E-state index contributed by atoms with van der Waals surface area (Å²) < 4.78 is 0. The van der Waals surface area contributed by atoms with E-state index in [1.54, 1.807) is 23.3 Å². The van der Waals surface area contributed by atoms with E-state index in [0.717, 1.165) is 0 Å². The molecule has 196 valence electrons. The molecular weight excluding hydrogens is 588 g/mol. The normalized spacial score (nSPS) is 11.0. The van der Waals surface area contributed by atoms with Crippen molar-refractivity contribution in [2.24, 2.45) is 0 Å². The second-order valence-electron chi connectivity index (χ2n) is 10.8. The SMILES string of the molecule is C[Si](C)=[Zr+2].Cc1c[cH-]c2cccc(-c3cc4ccccc4c4ccccc34)c12.c1ccc2c(c1)[cH-]c1ccccc12. The van der Waals surface area contributed by atoms with Gasteiger partial charge in [-0.2, -0.15) is 11.6 Å². The van der Waals surface area contributed by atoms with E-state index in [1.807, 2.05) is 0 Å². The van der Waals surface area contributed by atoms with Gasteiger partial charge in [0.25, 0.3) is 0 Å². The maximum Gasteiger partial charge on any atom is -0.00995 e. The maximum absolute atomic E-state index is 2.35. The molecule has 0 aromatic heterocycles. The van der Waals surface area contributed by atoms with Crippen molar-refractivity contribution >= 4 is 59.3 Å². The minimum absolute atomic E-state index is 0.210. The quantitative estimate of drug-likeness (QED) is 0.0974. The Hall–Kier alpha value is -3.58. The summed E-state index contributed by atoms with van der Waals surface area (Å²) in [5, 5.41) is 13.4. The standard InChI is InChI=1S/C24H17.C13H9.C2H6Si.Zr/c1-16-13-14-17-8-6-12-22(24(16)17)23-15-18-7-2-3-9-19(18)20-10-4-5-11-21(20)23;1-3-7-12-10(5-1)9-11-6-2-4-8-13(11)12;1-3-2;/h2-15H,1H3;1-9H;1-2H3;/q2*-1;;+2. The van der Waals surface area contributed by atoms with Crippen LogP contribution in [0.4, 0.5) is 0 Å². The monoisotopic (exact) mass is 618 g/mol. The zero-order valence-corrected chi connectivity index (χ0v) is 27.2. The van der Waals surface area contributed by atoms with E-state index >= 15 is 0 Å². The van der Waals surface area contributed by atoms with Gasteiger partial charge in [-0.05, 0) is 33.2 Å². The fourth-order valence-electron chi connectivity index (χ4n) is 5.85. The van der Waals surface area contributed by atoms with Gasteiger partial charge in [0.15, 0.2) is 0 Å². The molecule has 8 aromatic carbocycles. The van der Waals surface area contributed by atoms with E-state index in [9.17, 15) is 0 Å². The number of hydrogen-bond acceptors (Lipinski definition) is 0. The molecule has 0 heterocycles. The molecule has 0 saturated heterocycles. The predicted octanol–water partition coefficient (Wildman–Crippen LogP) is 11.3. The van der Waals surface area contributed by atoms with Crippen LogP contribution in [0.25, 0.3) is 65.0 Å². The Morgan fingerprint density at radius 1 is 0.537 bits per heavy atom. The van der Waals surface area contributed by atoms with E-state index < -0.39 is 0 Å². The third kappa shape index (κ3) is 5.65. The average Bonchev–Trinajstić information content (AvgIpc) is 3.57. The van der Waals surface area contributed by atoms with Gasteiger partial charge >= 0.3 is 41.9 Å². The summed E-state index contributed by atoms with van der Waals surface area (Å²) in [5.74, 6) is 0. The summed E-state index contributed by atoms with van der Waals surface area (Å²) >= 11 is 1.74. The van der Waals surface area contributed by atoms with E-state index in [1.165, 1.54) is 70.6 Å². The van der Waals surface area contributed by atoms with E-state index in [4.69, 9.17) is 0 Å². The van der Waals surface area contributed by atoms with Gasteiger partial charge in [-0.25, -0.2) is 0 Å². The topological polar surface area (TPSA) is 0 Å². The molecule has 0 atom stereocenters. The summed E-state index contributed by atoms with van der Waals surface area (Å²) in [5.41, 5.74) is 4.21. The van der Waals surface area contributed by atoms with E-state index in [-0.39, 0.29) is 5.43 Å². The van der Waals surface area contributed by atoms with Crippen LogP contribution in [-0.2, 0) is 23.3 Å². The van der Waals surface area contributed by atoms with Gasteiger partial charge in [0.05, 0.1) is 0 Å². The Morgan fingerprint density at radius 2 is 1.05 bits per heavy atom. The van der Waals surface area contributed by atoms with Gasteiger partial charge in [-0.3, -0.25) is 0 Å². The van der Waals surface area contributed by atoms with Crippen LogP contribution < -0.4 is 0 Å². The van der Waals surface area contributed by atoms with E-state index in [2.05, 4.69) is 160 Å². The van der Waals surface area contributed by atoms with Crippen molar-refractivity contribution in [1.29, 1.82) is 0 Å². The molecule has 0 aliphatic heterocycles. The number of benzene rings is 6. The smallest absolute Gasteiger partial charge is 0.00995 e. The van der Waals surface area contributed by atoms with Crippen LogP contribution in [0.5, 0.6) is 0 Å². The fraction of sp³-hybridized carbons (Fsp3) is 0.0769. The number of aryl methyl sites for hydroxylation is 1. The van der Waals surface area contributed by atoms with E-state index in [0.29, 0.717) is 0 Å². The molecule has 0 amide bonds. The van der Waals surface area contributed by atoms with Crippen molar-refractivity contribution < 1.29 is 23.3 Å². The first kappa shape index (κ1) is 27.6. The zero-order valence-electron chi connectivity index (χ0n) is 23.8. The van der Waals surface area contributed by atoms with Crippen LogP contribution in [0.3, 0.4) is 0 Å². The molecule has 0 radical (unpaired) electrons. The molecule has 41 heavy (non-hydrogen) atoms. The molecule has 0 bridgehead atoms. The second kappa shape index (κ2) is 12.1. The molecule has 0 N–H and O–H groups in total. The molecule has 0 saturated carbocycles. The van der Waals surface area contributed by atoms with Crippen molar-refractivity contribution in [3.05, 3.63) is 145 Å². The Morgan fingerprint density at radius 3 is 1.71 bits per heavy atom. The van der Waals surface area contributed by atoms with Crippen LogP contribution in [0.15, 0.2) is 140 Å². The average molecular weight is 620 g/mol. The summed E-state index contributed by atoms with van der Waals surface area (Å²) in [6.07, 6.45) is 0. The summed E-state index contributed by atoms with van der Waals surface area (Å²) in [7, 11) is 0. The number of hydrogen-bond donors (Lipinski definition) is 0. The van der Waals surface area contributed by atoms with Crippen molar-refractivity contribution in [2.75, 3.05) is 0 Å². The third-order valence-electron chi connectivity index (χ3n) is 7.58. The van der Waals surface area contributed by atoms with Crippen LogP contribution in [0.2, 0.25) is 13.1 Å². The summed E-state index contributed by atoms with van der Waals surface area (Å²) in [4.78, 5) is 0. The minimum Gasteiger partial charge on any atom is -0.156 e. The molecular formula is C39H32SiZr. The number of fused-ring (bicyclic) bond motifs is 7. The summed E-state index contributed by atoms with van der Waals surface area (Å²) in [6.45, 7) is 6.82. The van der Waals surface area contributed by atoms with Crippen molar-refractivity contribution in [1.82, 2.24) is 0 Å². The Balaban J connectivity index is 0.000000149. The summed E-state index contributed by atoms with van der Waals surface area (Å²) in [6, 6.07) is 50.1. The van der Waals surface area contributed by atoms with Gasteiger partial charge in [0, 0.05) is 0 Å². The molecule has 0 spiro atoms. The van der Waals surface area contributed by atoms with Crippen LogP contribution in [0.1, 0.15) is 5.56 Å². The van der Waals surface area contributed by atoms with Crippen molar-refractivity contribution in [3.63, 3.8) is 0 Å². The molecule has 2 heteroatoms. The van der Waals surface area contributed by atoms with Gasteiger partial charge < -0.3 is 0 Å². The van der Waals surface area contributed by atoms with Gasteiger partial charge in [0.1, 0.15) is 0 Å². The second-order valence-corrected chi connectivity index (χ2v) is 20.2. The first-order valence-corrected chi connectivity index (χ1v) is 20.3. The number of rotatable bonds is 1. The molecule has 0 unspecified atom stereocenters. The Kier molecular flexibility index (Phi) is 8.15. The maximum atomic E-state index is 2.35. The Bertz CT molecular complexity index is 2100. The van der Waals surface area contributed by atoms with Crippen LogP contribution >= 0.6 is 0 Å². The molecule has 8 rings (SSSR count). The zero-order chi connectivity index (χ0) is 28.3. The first-order chi connectivity index (χ1) is 20.0. The third-order valence-corrected chi connectivity index (χ3v) is 7.58.